The Morgan fingerprint density at radius 3 is 2.89 bits per heavy atom. The first kappa shape index (κ1) is 17.6. The molecule has 2 aromatic heterocycles. The standard InChI is InChI=1S/C21H22N4O2/c1-14-3-6-20(23-19(14)13-25-11-18(12-25)27-2)24-21(26)16-4-5-17-10-22-8-7-15(17)9-16/h3-10,18H,11-13H2,1-2H3,(H,23,24,26). The Labute approximate surface area is 158 Å². The van der Waals surface area contributed by atoms with E-state index in [4.69, 9.17) is 4.74 Å². The van der Waals surface area contributed by atoms with E-state index in [1.807, 2.05) is 37.3 Å². The van der Waals surface area contributed by atoms with Crippen molar-refractivity contribution in [3.8, 4) is 0 Å². The maximum Gasteiger partial charge on any atom is 0.256 e. The van der Waals surface area contributed by atoms with Crippen molar-refractivity contribution in [3.05, 3.63) is 65.6 Å². The first-order valence-corrected chi connectivity index (χ1v) is 8.99. The van der Waals surface area contributed by atoms with Crippen LogP contribution in [-0.4, -0.2) is 47.1 Å². The van der Waals surface area contributed by atoms with Crippen LogP contribution in [0, 0.1) is 6.92 Å². The summed E-state index contributed by atoms with van der Waals surface area (Å²) in [5.74, 6) is 0.402. The molecule has 4 rings (SSSR count). The van der Waals surface area contributed by atoms with Gasteiger partial charge in [0.25, 0.3) is 5.91 Å². The molecular formula is C21H22N4O2. The highest BCUT2D eigenvalue weighted by atomic mass is 16.5. The molecule has 27 heavy (non-hydrogen) atoms. The second-order valence-electron chi connectivity index (χ2n) is 6.90. The zero-order valence-electron chi connectivity index (χ0n) is 15.5. The van der Waals surface area contributed by atoms with Crippen molar-refractivity contribution in [1.82, 2.24) is 14.9 Å². The molecule has 1 aliphatic rings. The molecule has 0 aliphatic carbocycles. The highest BCUT2D eigenvalue weighted by Gasteiger charge is 2.26. The number of aromatic nitrogens is 2. The zero-order chi connectivity index (χ0) is 18.8. The summed E-state index contributed by atoms with van der Waals surface area (Å²) in [6.07, 6.45) is 3.83. The number of amides is 1. The fourth-order valence-electron chi connectivity index (χ4n) is 3.23. The molecule has 1 amide bonds. The zero-order valence-corrected chi connectivity index (χ0v) is 15.5. The summed E-state index contributed by atoms with van der Waals surface area (Å²) >= 11 is 0. The Bertz CT molecular complexity index is 983. The first-order chi connectivity index (χ1) is 13.1. The van der Waals surface area contributed by atoms with Gasteiger partial charge < -0.3 is 10.1 Å². The summed E-state index contributed by atoms with van der Waals surface area (Å²) in [5.41, 5.74) is 2.70. The number of anilines is 1. The maximum absolute atomic E-state index is 12.6. The minimum Gasteiger partial charge on any atom is -0.379 e. The molecule has 0 unspecified atom stereocenters. The number of fused-ring (bicyclic) bond motifs is 1. The molecule has 1 fully saturated rings. The molecule has 138 valence electrons. The topological polar surface area (TPSA) is 67.3 Å². The molecule has 0 saturated carbocycles. The van der Waals surface area contributed by atoms with Crippen LogP contribution in [0.2, 0.25) is 0 Å². The molecule has 3 heterocycles. The van der Waals surface area contributed by atoms with Crippen LogP contribution in [0.15, 0.2) is 48.8 Å². The maximum atomic E-state index is 12.6. The van der Waals surface area contributed by atoms with Crippen LogP contribution in [0.3, 0.4) is 0 Å². The van der Waals surface area contributed by atoms with Crippen molar-refractivity contribution < 1.29 is 9.53 Å². The van der Waals surface area contributed by atoms with Crippen molar-refractivity contribution in [2.75, 3.05) is 25.5 Å². The SMILES string of the molecule is COC1CN(Cc2nc(NC(=O)c3ccc4cnccc4c3)ccc2C)C1. The Kier molecular flexibility index (Phi) is 4.83. The lowest BCUT2D eigenvalue weighted by atomic mass is 10.1. The van der Waals surface area contributed by atoms with Gasteiger partial charge in [-0.05, 0) is 42.1 Å². The predicted octanol–water partition coefficient (Wildman–Crippen LogP) is 3.02. The third-order valence-electron chi connectivity index (χ3n) is 4.98. The predicted molar refractivity (Wildman–Crippen MR) is 105 cm³/mol. The van der Waals surface area contributed by atoms with E-state index in [0.717, 1.165) is 41.7 Å². The third-order valence-corrected chi connectivity index (χ3v) is 4.98. The fourth-order valence-corrected chi connectivity index (χ4v) is 3.23. The van der Waals surface area contributed by atoms with Gasteiger partial charge in [-0.2, -0.15) is 0 Å². The van der Waals surface area contributed by atoms with Crippen LogP contribution in [0.25, 0.3) is 10.8 Å². The van der Waals surface area contributed by atoms with Gasteiger partial charge >= 0.3 is 0 Å². The van der Waals surface area contributed by atoms with Crippen LogP contribution in [0.4, 0.5) is 5.82 Å². The molecule has 1 aliphatic heterocycles. The van der Waals surface area contributed by atoms with Gasteiger partial charge in [-0.1, -0.05) is 12.1 Å². The van der Waals surface area contributed by atoms with Gasteiger partial charge in [-0.15, -0.1) is 0 Å². The number of carbonyl (C=O) groups is 1. The monoisotopic (exact) mass is 362 g/mol. The molecular weight excluding hydrogens is 340 g/mol. The Balaban J connectivity index is 1.48. The molecule has 0 spiro atoms. The van der Waals surface area contributed by atoms with Crippen LogP contribution >= 0.6 is 0 Å². The van der Waals surface area contributed by atoms with Gasteiger partial charge in [0.2, 0.25) is 0 Å². The molecule has 1 N–H and O–H groups in total. The number of nitrogens with one attached hydrogen (secondary N) is 1. The number of carbonyl (C=O) groups excluding carboxylic acids is 1. The lowest BCUT2D eigenvalue weighted by Gasteiger charge is -2.38. The lowest BCUT2D eigenvalue weighted by Crippen LogP contribution is -2.51. The van der Waals surface area contributed by atoms with Crippen molar-refractivity contribution in [2.24, 2.45) is 0 Å². The fraction of sp³-hybridized carbons (Fsp3) is 0.286. The molecule has 1 saturated heterocycles. The van der Waals surface area contributed by atoms with Gasteiger partial charge in [-0.3, -0.25) is 14.7 Å². The Morgan fingerprint density at radius 2 is 2.07 bits per heavy atom. The van der Waals surface area contributed by atoms with Crippen LogP contribution < -0.4 is 5.32 Å². The summed E-state index contributed by atoms with van der Waals surface area (Å²) < 4.78 is 5.32. The second-order valence-corrected chi connectivity index (χ2v) is 6.90. The average Bonchev–Trinajstić information content (AvgIpc) is 2.66. The minimum absolute atomic E-state index is 0.167. The van der Waals surface area contributed by atoms with Gasteiger partial charge in [0.1, 0.15) is 5.82 Å². The number of pyridine rings is 2. The largest absolute Gasteiger partial charge is 0.379 e. The molecule has 0 bridgehead atoms. The Hall–Kier alpha value is -2.83. The van der Waals surface area contributed by atoms with Crippen LogP contribution in [-0.2, 0) is 11.3 Å². The first-order valence-electron chi connectivity index (χ1n) is 8.99. The van der Waals surface area contributed by atoms with E-state index in [2.05, 4.69) is 20.2 Å². The number of rotatable bonds is 5. The molecule has 0 radical (unpaired) electrons. The van der Waals surface area contributed by atoms with Crippen LogP contribution in [0.5, 0.6) is 0 Å². The van der Waals surface area contributed by atoms with E-state index < -0.39 is 0 Å². The number of hydrogen-bond donors (Lipinski definition) is 1. The second kappa shape index (κ2) is 7.42. The number of methoxy groups -OCH3 is 1. The van der Waals surface area contributed by atoms with Crippen molar-refractivity contribution >= 4 is 22.5 Å². The number of benzene rings is 1. The number of likely N-dealkylation sites (tertiary alicyclic amines) is 1. The summed E-state index contributed by atoms with van der Waals surface area (Å²) in [6.45, 7) is 4.64. The van der Waals surface area contributed by atoms with Gasteiger partial charge in [0.15, 0.2) is 0 Å². The summed E-state index contributed by atoms with van der Waals surface area (Å²) in [7, 11) is 1.74. The number of ether oxygens (including phenoxy) is 1. The molecule has 6 heteroatoms. The van der Waals surface area contributed by atoms with E-state index >= 15 is 0 Å². The summed E-state index contributed by atoms with van der Waals surface area (Å²) in [4.78, 5) is 23.7. The third kappa shape index (κ3) is 3.82. The van der Waals surface area contributed by atoms with Crippen molar-refractivity contribution in [2.45, 2.75) is 19.6 Å². The number of hydrogen-bond acceptors (Lipinski definition) is 5. The van der Waals surface area contributed by atoms with E-state index in [-0.39, 0.29) is 5.91 Å². The average molecular weight is 362 g/mol. The molecule has 3 aromatic rings. The summed E-state index contributed by atoms with van der Waals surface area (Å²) in [5, 5.41) is 4.91. The molecule has 0 atom stereocenters. The van der Waals surface area contributed by atoms with E-state index in [9.17, 15) is 4.79 Å². The number of nitrogens with zero attached hydrogens (tertiary/aromatic N) is 3. The smallest absolute Gasteiger partial charge is 0.256 e. The van der Waals surface area contributed by atoms with Gasteiger partial charge in [0, 0.05) is 50.1 Å². The highest BCUT2D eigenvalue weighted by Crippen LogP contribution is 2.19. The Morgan fingerprint density at radius 1 is 1.22 bits per heavy atom. The van der Waals surface area contributed by atoms with Gasteiger partial charge in [-0.25, -0.2) is 4.98 Å². The van der Waals surface area contributed by atoms with E-state index in [0.29, 0.717) is 17.5 Å². The minimum atomic E-state index is -0.167. The van der Waals surface area contributed by atoms with E-state index in [1.54, 1.807) is 25.6 Å². The normalized spacial score (nSPS) is 14.9. The van der Waals surface area contributed by atoms with E-state index in [1.165, 1.54) is 0 Å². The quantitative estimate of drug-likeness (QED) is 0.756. The molecule has 1 aromatic carbocycles. The van der Waals surface area contributed by atoms with Crippen molar-refractivity contribution in [3.63, 3.8) is 0 Å². The number of aryl methyl sites for hydroxylation is 1. The lowest BCUT2D eigenvalue weighted by molar-refractivity contribution is -0.0339. The van der Waals surface area contributed by atoms with Gasteiger partial charge in [0.05, 0.1) is 11.8 Å². The van der Waals surface area contributed by atoms with Crippen molar-refractivity contribution in [1.29, 1.82) is 0 Å². The highest BCUT2D eigenvalue weighted by molar-refractivity contribution is 6.05. The van der Waals surface area contributed by atoms with Crippen LogP contribution in [0.1, 0.15) is 21.6 Å². The molecule has 6 nitrogen and oxygen atoms in total. The summed E-state index contributed by atoms with van der Waals surface area (Å²) in [6, 6.07) is 11.3.